The van der Waals surface area contributed by atoms with Gasteiger partial charge in [-0.2, -0.15) is 5.21 Å². The summed E-state index contributed by atoms with van der Waals surface area (Å²) in [7, 11) is 0. The van der Waals surface area contributed by atoms with Crippen molar-refractivity contribution in [3.8, 4) is 27.6 Å². The summed E-state index contributed by atoms with van der Waals surface area (Å²) >= 11 is 1.68. The Morgan fingerprint density at radius 1 is 1.20 bits per heavy atom. The van der Waals surface area contributed by atoms with E-state index in [4.69, 9.17) is 4.74 Å². The number of piperidine rings is 1. The molecular weight excluding hydrogens is 402 g/mol. The fraction of sp³-hybridized carbons (Fsp3) is 0.429. The standard InChI is InChI=1S/C21H23N5O3S/c27-21(28)17-9-14-8-15(5-3-13(14)11-22-17)29-18-10-12(19-2-1-7-30-19)4-6-16(18)20-23-25-26-24-20/h1-2,4,6-7,10,13-15,17,22H,3,5,8-9,11H2,(H,27,28)(H,23,24,25,26)/t13-,14+,15-,17-/m0/s1. The molecule has 0 spiro atoms. The van der Waals surface area contributed by atoms with Gasteiger partial charge in [0.05, 0.1) is 11.7 Å². The Bertz CT molecular complexity index is 1010. The third-order valence-corrected chi connectivity index (χ3v) is 7.14. The summed E-state index contributed by atoms with van der Waals surface area (Å²) in [6, 6.07) is 9.74. The van der Waals surface area contributed by atoms with Crippen LogP contribution in [0.15, 0.2) is 35.7 Å². The van der Waals surface area contributed by atoms with Crippen molar-refractivity contribution in [2.75, 3.05) is 6.54 Å². The zero-order valence-corrected chi connectivity index (χ0v) is 17.1. The van der Waals surface area contributed by atoms with Crippen LogP contribution in [0.4, 0.5) is 0 Å². The molecule has 1 saturated carbocycles. The molecule has 1 aliphatic heterocycles. The lowest BCUT2D eigenvalue weighted by atomic mass is 9.72. The Kier molecular flexibility index (Phi) is 5.22. The van der Waals surface area contributed by atoms with E-state index in [1.807, 2.05) is 24.3 Å². The SMILES string of the molecule is O=C(O)[C@@H]1C[C@H]2C[C@@H](Oc3cc(-c4cccs4)ccc3-c3nn[nH]n3)CC[C@H]2CN1. The van der Waals surface area contributed by atoms with Gasteiger partial charge in [0, 0.05) is 4.88 Å². The van der Waals surface area contributed by atoms with Crippen LogP contribution < -0.4 is 10.1 Å². The summed E-state index contributed by atoms with van der Waals surface area (Å²) in [6.07, 6.45) is 3.56. The average Bonchev–Trinajstić information content (AvgIpc) is 3.47. The van der Waals surface area contributed by atoms with Crippen molar-refractivity contribution in [3.63, 3.8) is 0 Å². The number of H-pyrrole nitrogens is 1. The van der Waals surface area contributed by atoms with Crippen molar-refractivity contribution < 1.29 is 14.6 Å². The maximum Gasteiger partial charge on any atom is 0.320 e. The van der Waals surface area contributed by atoms with Crippen LogP contribution in [-0.4, -0.2) is 50.4 Å². The molecule has 4 atom stereocenters. The molecule has 0 unspecified atom stereocenters. The van der Waals surface area contributed by atoms with Gasteiger partial charge in [-0.3, -0.25) is 4.79 Å². The summed E-state index contributed by atoms with van der Waals surface area (Å²) in [5.74, 6) is 1.37. The number of carboxylic acids is 1. The number of aliphatic carboxylic acids is 1. The van der Waals surface area contributed by atoms with Crippen molar-refractivity contribution >= 4 is 17.3 Å². The number of ether oxygens (including phenoxy) is 1. The summed E-state index contributed by atoms with van der Waals surface area (Å²) in [4.78, 5) is 12.6. The Morgan fingerprint density at radius 3 is 2.90 bits per heavy atom. The highest BCUT2D eigenvalue weighted by molar-refractivity contribution is 7.13. The van der Waals surface area contributed by atoms with E-state index in [1.54, 1.807) is 11.3 Å². The summed E-state index contributed by atoms with van der Waals surface area (Å²) < 4.78 is 6.51. The van der Waals surface area contributed by atoms with Crippen LogP contribution in [0, 0.1) is 11.8 Å². The molecule has 5 rings (SSSR count). The van der Waals surface area contributed by atoms with E-state index in [0.717, 1.165) is 42.7 Å². The van der Waals surface area contributed by atoms with Gasteiger partial charge in [-0.1, -0.05) is 12.1 Å². The van der Waals surface area contributed by atoms with E-state index in [2.05, 4.69) is 37.4 Å². The van der Waals surface area contributed by atoms with Crippen molar-refractivity contribution in [2.45, 2.75) is 37.8 Å². The summed E-state index contributed by atoms with van der Waals surface area (Å²) in [6.45, 7) is 0.774. The number of hydrogen-bond donors (Lipinski definition) is 3. The fourth-order valence-corrected chi connectivity index (χ4v) is 5.40. The molecule has 2 aromatic heterocycles. The van der Waals surface area contributed by atoms with Crippen molar-refractivity contribution in [2.24, 2.45) is 11.8 Å². The van der Waals surface area contributed by atoms with Crippen molar-refractivity contribution in [3.05, 3.63) is 35.7 Å². The molecule has 3 heterocycles. The van der Waals surface area contributed by atoms with Crippen LogP contribution in [0.3, 0.4) is 0 Å². The first kappa shape index (κ1) is 19.2. The molecular formula is C21H23N5O3S. The van der Waals surface area contributed by atoms with Gasteiger partial charge in [-0.05, 0) is 78.4 Å². The number of thiophene rings is 1. The highest BCUT2D eigenvalue weighted by atomic mass is 32.1. The van der Waals surface area contributed by atoms with Gasteiger partial charge in [0.2, 0.25) is 5.82 Å². The number of nitrogens with zero attached hydrogens (tertiary/aromatic N) is 3. The Morgan fingerprint density at radius 2 is 2.13 bits per heavy atom. The Hall–Kier alpha value is -2.78. The minimum Gasteiger partial charge on any atom is -0.490 e. The minimum absolute atomic E-state index is 0.0445. The van der Waals surface area contributed by atoms with Gasteiger partial charge in [0.1, 0.15) is 11.8 Å². The van der Waals surface area contributed by atoms with E-state index in [1.165, 1.54) is 4.88 Å². The van der Waals surface area contributed by atoms with E-state index in [9.17, 15) is 9.90 Å². The maximum atomic E-state index is 11.4. The molecule has 2 aliphatic rings. The van der Waals surface area contributed by atoms with Crippen LogP contribution in [0.5, 0.6) is 5.75 Å². The molecule has 9 heteroatoms. The van der Waals surface area contributed by atoms with Crippen LogP contribution in [0.2, 0.25) is 0 Å². The number of fused-ring (bicyclic) bond motifs is 1. The van der Waals surface area contributed by atoms with Crippen LogP contribution in [0.1, 0.15) is 25.7 Å². The molecule has 156 valence electrons. The zero-order chi connectivity index (χ0) is 20.5. The molecule has 1 aromatic carbocycles. The number of nitrogens with one attached hydrogen (secondary N) is 2. The summed E-state index contributed by atoms with van der Waals surface area (Å²) in [5, 5.41) is 29.1. The largest absolute Gasteiger partial charge is 0.490 e. The molecule has 0 bridgehead atoms. The normalized spacial score (nSPS) is 26.1. The first-order chi connectivity index (χ1) is 14.7. The number of rotatable bonds is 5. The molecule has 1 aliphatic carbocycles. The zero-order valence-electron chi connectivity index (χ0n) is 16.3. The molecule has 8 nitrogen and oxygen atoms in total. The first-order valence-electron chi connectivity index (χ1n) is 10.2. The first-order valence-corrected chi connectivity index (χ1v) is 11.1. The lowest BCUT2D eigenvalue weighted by molar-refractivity contribution is -0.141. The quantitative estimate of drug-likeness (QED) is 0.575. The monoisotopic (exact) mass is 425 g/mol. The maximum absolute atomic E-state index is 11.4. The topological polar surface area (TPSA) is 113 Å². The molecule has 2 fully saturated rings. The Labute approximate surface area is 177 Å². The lowest BCUT2D eigenvalue weighted by Crippen LogP contribution is -2.50. The minimum atomic E-state index is -0.764. The fourth-order valence-electron chi connectivity index (χ4n) is 4.67. The number of carbonyl (C=O) groups is 1. The highest BCUT2D eigenvalue weighted by Gasteiger charge is 2.38. The second kappa shape index (κ2) is 8.16. The molecule has 0 amide bonds. The van der Waals surface area contributed by atoms with E-state index in [-0.39, 0.29) is 6.10 Å². The number of aromatic amines is 1. The highest BCUT2D eigenvalue weighted by Crippen LogP contribution is 2.40. The van der Waals surface area contributed by atoms with Gasteiger partial charge in [-0.15, -0.1) is 21.5 Å². The molecule has 3 N–H and O–H groups in total. The van der Waals surface area contributed by atoms with E-state index in [0.29, 0.717) is 24.1 Å². The van der Waals surface area contributed by atoms with Gasteiger partial charge >= 0.3 is 5.97 Å². The second-order valence-corrected chi connectivity index (χ2v) is 8.98. The van der Waals surface area contributed by atoms with Gasteiger partial charge in [0.25, 0.3) is 0 Å². The molecule has 0 radical (unpaired) electrons. The van der Waals surface area contributed by atoms with Gasteiger partial charge in [-0.25, -0.2) is 0 Å². The average molecular weight is 426 g/mol. The number of carboxylic acid groups (broad SMARTS) is 1. The third-order valence-electron chi connectivity index (χ3n) is 6.22. The predicted octanol–water partition coefficient (Wildman–Crippen LogP) is 3.21. The summed E-state index contributed by atoms with van der Waals surface area (Å²) in [5.41, 5.74) is 1.90. The van der Waals surface area contributed by atoms with Crippen molar-refractivity contribution in [1.29, 1.82) is 0 Å². The predicted molar refractivity (Wildman–Crippen MR) is 112 cm³/mol. The third kappa shape index (κ3) is 3.82. The second-order valence-electron chi connectivity index (χ2n) is 8.03. The molecule has 30 heavy (non-hydrogen) atoms. The lowest BCUT2D eigenvalue weighted by Gasteiger charge is -2.41. The molecule has 3 aromatic rings. The van der Waals surface area contributed by atoms with Crippen LogP contribution >= 0.6 is 11.3 Å². The van der Waals surface area contributed by atoms with Crippen LogP contribution in [0.25, 0.3) is 21.8 Å². The number of benzene rings is 1. The van der Waals surface area contributed by atoms with E-state index >= 15 is 0 Å². The number of tetrazole rings is 1. The van der Waals surface area contributed by atoms with E-state index < -0.39 is 12.0 Å². The number of aromatic nitrogens is 4. The van der Waals surface area contributed by atoms with Crippen molar-refractivity contribution in [1.82, 2.24) is 25.9 Å². The van der Waals surface area contributed by atoms with Gasteiger partial charge in [0.15, 0.2) is 0 Å². The smallest absolute Gasteiger partial charge is 0.320 e. The molecule has 1 saturated heterocycles. The van der Waals surface area contributed by atoms with Gasteiger partial charge < -0.3 is 15.2 Å². The Balaban J connectivity index is 1.39. The number of hydrogen-bond acceptors (Lipinski definition) is 7. The van der Waals surface area contributed by atoms with Crippen LogP contribution in [-0.2, 0) is 4.79 Å².